The quantitative estimate of drug-likeness (QED) is 0.106. The summed E-state index contributed by atoms with van der Waals surface area (Å²) in [7, 11) is 1.46. The van der Waals surface area contributed by atoms with Gasteiger partial charge in [-0.2, -0.15) is 0 Å². The molecule has 1 aromatic carbocycles. The molecule has 0 atom stereocenters. The number of benzene rings is 1. The number of ether oxygens (including phenoxy) is 3. The molecule has 0 spiro atoms. The number of esters is 2. The van der Waals surface area contributed by atoms with Gasteiger partial charge in [0.15, 0.2) is 6.79 Å². The number of methoxy groups -OCH3 is 1. The van der Waals surface area contributed by atoms with Crippen LogP contribution in [-0.2, 0) is 20.7 Å². The average molecular weight is 497 g/mol. The predicted molar refractivity (Wildman–Crippen MR) is 147 cm³/mol. The van der Waals surface area contributed by atoms with Crippen molar-refractivity contribution in [3.05, 3.63) is 75.9 Å². The van der Waals surface area contributed by atoms with Crippen LogP contribution in [0.3, 0.4) is 0 Å². The van der Waals surface area contributed by atoms with Gasteiger partial charge in [-0.15, -0.1) is 0 Å². The van der Waals surface area contributed by atoms with Crippen molar-refractivity contribution in [3.63, 3.8) is 0 Å². The number of hydrogen-bond donors (Lipinski definition) is 0. The topological polar surface area (TPSA) is 61.8 Å². The summed E-state index contributed by atoms with van der Waals surface area (Å²) in [4.78, 5) is 23.7. The van der Waals surface area contributed by atoms with Crippen molar-refractivity contribution < 1.29 is 23.8 Å². The summed E-state index contributed by atoms with van der Waals surface area (Å²) in [6.45, 7) is 12.1. The van der Waals surface area contributed by atoms with Crippen LogP contribution < -0.4 is 4.74 Å². The Labute approximate surface area is 217 Å². The van der Waals surface area contributed by atoms with Gasteiger partial charge in [0.1, 0.15) is 5.75 Å². The molecule has 0 saturated carbocycles. The summed E-state index contributed by atoms with van der Waals surface area (Å²) >= 11 is 0. The second-order valence-electron chi connectivity index (χ2n) is 9.51. The lowest BCUT2D eigenvalue weighted by Gasteiger charge is -2.10. The lowest BCUT2D eigenvalue weighted by atomic mass is 10.0. The Bertz CT molecular complexity index is 975. The number of allylic oxidation sites excluding steroid dienone is 8. The van der Waals surface area contributed by atoms with Crippen LogP contribution in [0.4, 0.5) is 0 Å². The zero-order valence-electron chi connectivity index (χ0n) is 23.2. The van der Waals surface area contributed by atoms with Crippen molar-refractivity contribution in [1.82, 2.24) is 0 Å². The highest BCUT2D eigenvalue weighted by atomic mass is 16.7. The second-order valence-corrected chi connectivity index (χ2v) is 9.51. The molecule has 0 aliphatic carbocycles. The van der Waals surface area contributed by atoms with Gasteiger partial charge < -0.3 is 14.2 Å². The first-order chi connectivity index (χ1) is 17.1. The third-order valence-corrected chi connectivity index (χ3v) is 5.68. The van der Waals surface area contributed by atoms with Crippen LogP contribution in [0.2, 0.25) is 0 Å². The van der Waals surface area contributed by atoms with E-state index in [1.807, 2.05) is 0 Å². The monoisotopic (exact) mass is 496 g/mol. The van der Waals surface area contributed by atoms with Crippen LogP contribution in [0.5, 0.6) is 5.75 Å². The number of carbonyl (C=O) groups is 2. The van der Waals surface area contributed by atoms with Crippen LogP contribution in [0, 0.1) is 0 Å². The van der Waals surface area contributed by atoms with E-state index in [4.69, 9.17) is 14.2 Å². The van der Waals surface area contributed by atoms with Gasteiger partial charge >= 0.3 is 11.9 Å². The first-order valence-electron chi connectivity index (χ1n) is 12.7. The molecule has 0 amide bonds. The molecule has 0 fully saturated rings. The molecule has 1 rings (SSSR count). The Morgan fingerprint density at radius 2 is 1.33 bits per heavy atom. The fraction of sp³-hybridized carbons (Fsp3) is 0.484. The highest BCUT2D eigenvalue weighted by Gasteiger charge is 2.12. The molecule has 0 saturated heterocycles. The molecule has 5 nitrogen and oxygen atoms in total. The summed E-state index contributed by atoms with van der Waals surface area (Å²) in [5, 5.41) is 0. The Hall–Kier alpha value is -2.92. The highest BCUT2D eigenvalue weighted by Crippen LogP contribution is 2.23. The Balaban J connectivity index is 2.65. The van der Waals surface area contributed by atoms with Crippen LogP contribution in [-0.4, -0.2) is 25.8 Å². The lowest BCUT2D eigenvalue weighted by Crippen LogP contribution is -2.09. The molecule has 0 aliphatic rings. The first-order valence-corrected chi connectivity index (χ1v) is 12.7. The van der Waals surface area contributed by atoms with Crippen molar-refractivity contribution in [3.8, 4) is 5.75 Å². The minimum atomic E-state index is -0.480. The minimum Gasteiger partial charge on any atom is -0.435 e. The van der Waals surface area contributed by atoms with Gasteiger partial charge in [0.2, 0.25) is 0 Å². The third kappa shape index (κ3) is 13.8. The van der Waals surface area contributed by atoms with Crippen molar-refractivity contribution in [2.75, 3.05) is 13.9 Å². The molecule has 0 N–H and O–H groups in total. The van der Waals surface area contributed by atoms with E-state index in [0.29, 0.717) is 17.7 Å². The van der Waals surface area contributed by atoms with Gasteiger partial charge in [0.05, 0.1) is 5.56 Å². The SMILES string of the molecule is COCOC(=O)c1ccc(OC(C)=O)c(CC=C(C)CCC=C(C)CCC=C(C)CCC=C(C)C)c1. The van der Waals surface area contributed by atoms with Crippen molar-refractivity contribution in [1.29, 1.82) is 0 Å². The van der Waals surface area contributed by atoms with E-state index in [-0.39, 0.29) is 6.79 Å². The summed E-state index contributed by atoms with van der Waals surface area (Å²) in [6, 6.07) is 4.93. The van der Waals surface area contributed by atoms with Gasteiger partial charge in [-0.05, 0) is 103 Å². The van der Waals surface area contributed by atoms with E-state index in [9.17, 15) is 9.59 Å². The molecule has 0 unspecified atom stereocenters. The molecule has 0 heterocycles. The maximum absolute atomic E-state index is 12.2. The van der Waals surface area contributed by atoms with E-state index in [1.54, 1.807) is 18.2 Å². The summed E-state index contributed by atoms with van der Waals surface area (Å²) in [5.74, 6) is -0.424. The molecule has 198 valence electrons. The molecule has 0 aliphatic heterocycles. The van der Waals surface area contributed by atoms with E-state index in [2.05, 4.69) is 58.9 Å². The molecular formula is C31H44O5. The van der Waals surface area contributed by atoms with Crippen LogP contribution in [0.25, 0.3) is 0 Å². The number of carbonyl (C=O) groups excluding carboxylic acids is 2. The van der Waals surface area contributed by atoms with E-state index < -0.39 is 11.9 Å². The van der Waals surface area contributed by atoms with Gasteiger partial charge in [0.25, 0.3) is 0 Å². The van der Waals surface area contributed by atoms with Crippen molar-refractivity contribution in [2.45, 2.75) is 86.5 Å². The fourth-order valence-corrected chi connectivity index (χ4v) is 3.59. The zero-order chi connectivity index (χ0) is 26.9. The first kappa shape index (κ1) is 31.1. The van der Waals surface area contributed by atoms with Gasteiger partial charge in [-0.3, -0.25) is 4.79 Å². The standard InChI is InChI=1S/C31H44O5/c1-23(2)11-8-12-24(3)13-9-14-25(4)15-10-16-26(5)17-18-28-21-29(31(33)35-22-34-7)19-20-30(28)36-27(6)32/h11,13,15,17,19-21H,8-10,12,14,16,18,22H2,1-7H3. The lowest BCUT2D eigenvalue weighted by molar-refractivity contribution is -0.131. The second kappa shape index (κ2) is 17.5. The van der Waals surface area contributed by atoms with Crippen LogP contribution in [0.1, 0.15) is 96.0 Å². The van der Waals surface area contributed by atoms with Crippen LogP contribution in [0.15, 0.2) is 64.8 Å². The predicted octanol–water partition coefficient (Wildman–Crippen LogP) is 8.06. The Morgan fingerprint density at radius 1 is 0.778 bits per heavy atom. The largest absolute Gasteiger partial charge is 0.435 e. The Kier molecular flexibility index (Phi) is 15.1. The van der Waals surface area contributed by atoms with Gasteiger partial charge in [-0.25, -0.2) is 4.79 Å². The maximum Gasteiger partial charge on any atom is 0.340 e. The smallest absolute Gasteiger partial charge is 0.340 e. The normalized spacial score (nSPS) is 12.4. The zero-order valence-corrected chi connectivity index (χ0v) is 23.2. The fourth-order valence-electron chi connectivity index (χ4n) is 3.59. The van der Waals surface area contributed by atoms with Gasteiger partial charge in [-0.1, -0.05) is 46.6 Å². The van der Waals surface area contributed by atoms with E-state index >= 15 is 0 Å². The van der Waals surface area contributed by atoms with Crippen molar-refractivity contribution in [2.24, 2.45) is 0 Å². The minimum absolute atomic E-state index is 0.113. The summed E-state index contributed by atoms with van der Waals surface area (Å²) < 4.78 is 15.2. The highest BCUT2D eigenvalue weighted by molar-refractivity contribution is 5.90. The van der Waals surface area contributed by atoms with Crippen LogP contribution >= 0.6 is 0 Å². The molecule has 0 radical (unpaired) electrons. The number of hydrogen-bond acceptors (Lipinski definition) is 5. The third-order valence-electron chi connectivity index (χ3n) is 5.68. The molecule has 36 heavy (non-hydrogen) atoms. The molecular weight excluding hydrogens is 452 g/mol. The summed E-state index contributed by atoms with van der Waals surface area (Å²) in [6.07, 6.45) is 16.0. The number of rotatable bonds is 15. The maximum atomic E-state index is 12.2. The van der Waals surface area contributed by atoms with Gasteiger partial charge in [0, 0.05) is 14.0 Å². The average Bonchev–Trinajstić information content (AvgIpc) is 2.81. The molecule has 5 heteroatoms. The molecule has 0 bridgehead atoms. The molecule has 0 aromatic heterocycles. The Morgan fingerprint density at radius 3 is 1.86 bits per heavy atom. The van der Waals surface area contributed by atoms with E-state index in [0.717, 1.165) is 44.1 Å². The van der Waals surface area contributed by atoms with Crippen molar-refractivity contribution >= 4 is 11.9 Å². The van der Waals surface area contributed by atoms with E-state index in [1.165, 1.54) is 36.3 Å². The summed E-state index contributed by atoms with van der Waals surface area (Å²) in [5.41, 5.74) is 6.65. The molecule has 1 aromatic rings.